The number of thiophene rings is 1. The van der Waals surface area contributed by atoms with Crippen molar-refractivity contribution in [1.82, 2.24) is 0 Å². The molecule has 0 atom stereocenters. The molecule has 24 heavy (non-hydrogen) atoms. The molecule has 122 valence electrons. The van der Waals surface area contributed by atoms with Gasteiger partial charge in [-0.05, 0) is 51.8 Å². The SMILES string of the molecule is COc1ccc(/C=C(\C#N)C(=O)OCC(=O)c2ccc(Br)s2)cc1. The lowest BCUT2D eigenvalue weighted by molar-refractivity contribution is -0.137. The van der Waals surface area contributed by atoms with Gasteiger partial charge in [-0.2, -0.15) is 5.26 Å². The zero-order valence-corrected chi connectivity index (χ0v) is 15.0. The molecule has 7 heteroatoms. The van der Waals surface area contributed by atoms with E-state index in [1.807, 2.05) is 0 Å². The van der Waals surface area contributed by atoms with E-state index in [1.54, 1.807) is 49.6 Å². The summed E-state index contributed by atoms with van der Waals surface area (Å²) in [5.74, 6) is -0.487. The third-order valence-electron chi connectivity index (χ3n) is 2.95. The van der Waals surface area contributed by atoms with Gasteiger partial charge >= 0.3 is 5.97 Å². The molecule has 0 radical (unpaired) electrons. The van der Waals surface area contributed by atoms with Gasteiger partial charge in [0.15, 0.2) is 6.61 Å². The number of hydrogen-bond acceptors (Lipinski definition) is 6. The van der Waals surface area contributed by atoms with Crippen molar-refractivity contribution in [2.45, 2.75) is 0 Å². The second-order valence-electron chi connectivity index (χ2n) is 4.55. The van der Waals surface area contributed by atoms with Crippen LogP contribution in [0.5, 0.6) is 5.75 Å². The van der Waals surface area contributed by atoms with E-state index in [0.29, 0.717) is 16.2 Å². The Kier molecular flexibility index (Phi) is 6.29. The van der Waals surface area contributed by atoms with E-state index in [0.717, 1.165) is 3.79 Å². The predicted octanol–water partition coefficient (Wildman–Crippen LogP) is 3.85. The summed E-state index contributed by atoms with van der Waals surface area (Å²) < 4.78 is 10.8. The van der Waals surface area contributed by atoms with Gasteiger partial charge in [0.05, 0.1) is 15.8 Å². The van der Waals surface area contributed by atoms with Gasteiger partial charge in [-0.1, -0.05) is 12.1 Å². The van der Waals surface area contributed by atoms with E-state index in [9.17, 15) is 9.59 Å². The highest BCUT2D eigenvalue weighted by Crippen LogP contribution is 2.22. The van der Waals surface area contributed by atoms with Crippen LogP contribution < -0.4 is 4.74 Å². The first-order valence-corrected chi connectivity index (χ1v) is 8.36. The molecule has 1 heterocycles. The molecular weight excluding hydrogens is 394 g/mol. The maximum atomic E-state index is 11.9. The molecule has 0 fully saturated rings. The average molecular weight is 406 g/mol. The van der Waals surface area contributed by atoms with Crippen LogP contribution in [-0.4, -0.2) is 25.5 Å². The molecule has 0 aliphatic rings. The first kappa shape index (κ1) is 17.9. The molecule has 0 saturated carbocycles. The number of ketones is 1. The van der Waals surface area contributed by atoms with Crippen molar-refractivity contribution >= 4 is 45.1 Å². The summed E-state index contributed by atoms with van der Waals surface area (Å²) in [6, 6.07) is 12.0. The summed E-state index contributed by atoms with van der Waals surface area (Å²) in [7, 11) is 1.55. The van der Waals surface area contributed by atoms with Crippen molar-refractivity contribution in [2.24, 2.45) is 0 Å². The maximum Gasteiger partial charge on any atom is 0.349 e. The number of nitrogens with zero attached hydrogens (tertiary/aromatic N) is 1. The van der Waals surface area contributed by atoms with Crippen molar-refractivity contribution in [2.75, 3.05) is 13.7 Å². The fourth-order valence-electron chi connectivity index (χ4n) is 1.75. The zero-order chi connectivity index (χ0) is 17.5. The Hall–Kier alpha value is -2.43. The van der Waals surface area contributed by atoms with Gasteiger partial charge in [-0.15, -0.1) is 11.3 Å². The summed E-state index contributed by atoms with van der Waals surface area (Å²) in [6.07, 6.45) is 1.40. The van der Waals surface area contributed by atoms with Gasteiger partial charge < -0.3 is 9.47 Å². The Morgan fingerprint density at radius 1 is 1.25 bits per heavy atom. The topological polar surface area (TPSA) is 76.4 Å². The molecule has 0 aliphatic heterocycles. The largest absolute Gasteiger partial charge is 0.497 e. The second kappa shape index (κ2) is 8.43. The molecule has 0 amide bonds. The minimum Gasteiger partial charge on any atom is -0.497 e. The van der Waals surface area contributed by atoms with Crippen molar-refractivity contribution in [1.29, 1.82) is 5.26 Å². The minimum absolute atomic E-state index is 0.180. The standard InChI is InChI=1S/C17H12BrNO4S/c1-22-13-4-2-11(3-5-13)8-12(9-19)17(21)23-10-14(20)15-6-7-16(18)24-15/h2-8H,10H2,1H3/b12-8+. The van der Waals surface area contributed by atoms with E-state index >= 15 is 0 Å². The van der Waals surface area contributed by atoms with Crippen LogP contribution in [0.1, 0.15) is 15.2 Å². The summed E-state index contributed by atoms with van der Waals surface area (Å²) in [6.45, 7) is -0.409. The Bertz CT molecular complexity index is 818. The number of rotatable bonds is 6. The molecule has 2 aromatic rings. The van der Waals surface area contributed by atoms with E-state index < -0.39 is 12.6 Å². The number of halogens is 1. The highest BCUT2D eigenvalue weighted by atomic mass is 79.9. The first-order chi connectivity index (χ1) is 11.5. The highest BCUT2D eigenvalue weighted by Gasteiger charge is 2.15. The summed E-state index contributed by atoms with van der Waals surface area (Å²) >= 11 is 4.51. The molecule has 0 bridgehead atoms. The van der Waals surface area contributed by atoms with Gasteiger partial charge in [-0.25, -0.2) is 4.79 Å². The van der Waals surface area contributed by atoms with Gasteiger partial charge in [-0.3, -0.25) is 4.79 Å². The van der Waals surface area contributed by atoms with Crippen molar-refractivity contribution in [3.05, 3.63) is 56.2 Å². The second-order valence-corrected chi connectivity index (χ2v) is 7.01. The van der Waals surface area contributed by atoms with E-state index in [2.05, 4.69) is 15.9 Å². The lowest BCUT2D eigenvalue weighted by atomic mass is 10.1. The number of carbonyl (C=O) groups is 2. The number of methoxy groups -OCH3 is 1. The molecule has 0 aliphatic carbocycles. The van der Waals surface area contributed by atoms with Crippen LogP contribution in [0.15, 0.2) is 45.8 Å². The third-order valence-corrected chi connectivity index (χ3v) is 4.61. The lowest BCUT2D eigenvalue weighted by Crippen LogP contribution is -2.14. The fourth-order valence-corrected chi connectivity index (χ4v) is 3.06. The van der Waals surface area contributed by atoms with E-state index in [-0.39, 0.29) is 11.4 Å². The van der Waals surface area contributed by atoms with E-state index in [4.69, 9.17) is 14.7 Å². The average Bonchev–Trinajstić information content (AvgIpc) is 3.04. The van der Waals surface area contributed by atoms with Crippen molar-refractivity contribution in [3.63, 3.8) is 0 Å². The number of carbonyl (C=O) groups excluding carboxylic acids is 2. The fraction of sp³-hybridized carbons (Fsp3) is 0.118. The Balaban J connectivity index is 2.01. The Morgan fingerprint density at radius 3 is 2.50 bits per heavy atom. The van der Waals surface area contributed by atoms with Crippen molar-refractivity contribution in [3.8, 4) is 11.8 Å². The molecular formula is C17H12BrNO4S. The molecule has 1 aromatic carbocycles. The minimum atomic E-state index is -0.836. The van der Waals surface area contributed by atoms with Crippen LogP contribution in [0, 0.1) is 11.3 Å². The highest BCUT2D eigenvalue weighted by molar-refractivity contribution is 9.11. The van der Waals surface area contributed by atoms with Gasteiger partial charge in [0.1, 0.15) is 17.4 Å². The number of nitriles is 1. The summed E-state index contributed by atoms with van der Waals surface area (Å²) in [5, 5.41) is 9.11. The van der Waals surface area contributed by atoms with Gasteiger partial charge in [0, 0.05) is 0 Å². The van der Waals surface area contributed by atoms with Crippen LogP contribution in [0.3, 0.4) is 0 Å². The van der Waals surface area contributed by atoms with E-state index in [1.165, 1.54) is 17.4 Å². The normalized spacial score (nSPS) is 10.8. The monoisotopic (exact) mass is 405 g/mol. The molecule has 0 spiro atoms. The number of hydrogen-bond donors (Lipinski definition) is 0. The first-order valence-electron chi connectivity index (χ1n) is 6.75. The number of Topliss-reactive ketones (excluding diaryl/α,β-unsaturated/α-hetero) is 1. The predicted molar refractivity (Wildman–Crippen MR) is 93.9 cm³/mol. The van der Waals surface area contributed by atoms with Crippen LogP contribution in [0.25, 0.3) is 6.08 Å². The zero-order valence-electron chi connectivity index (χ0n) is 12.6. The van der Waals surface area contributed by atoms with Crippen LogP contribution >= 0.6 is 27.3 Å². The van der Waals surface area contributed by atoms with Gasteiger partial charge in [0.2, 0.25) is 5.78 Å². The van der Waals surface area contributed by atoms with Crippen LogP contribution in [0.4, 0.5) is 0 Å². The molecule has 2 rings (SSSR count). The number of benzene rings is 1. The Morgan fingerprint density at radius 2 is 1.96 bits per heavy atom. The summed E-state index contributed by atoms with van der Waals surface area (Å²) in [5.41, 5.74) is 0.471. The van der Waals surface area contributed by atoms with Crippen molar-refractivity contribution < 1.29 is 19.1 Å². The van der Waals surface area contributed by atoms with Crippen LogP contribution in [-0.2, 0) is 9.53 Å². The van der Waals surface area contributed by atoms with Crippen LogP contribution in [0.2, 0.25) is 0 Å². The Labute approximate surface area is 151 Å². The summed E-state index contributed by atoms with van der Waals surface area (Å²) in [4.78, 5) is 24.3. The number of esters is 1. The molecule has 0 N–H and O–H groups in total. The third kappa shape index (κ3) is 4.78. The maximum absolute atomic E-state index is 11.9. The smallest absolute Gasteiger partial charge is 0.349 e. The number of ether oxygens (including phenoxy) is 2. The molecule has 5 nitrogen and oxygen atoms in total. The molecule has 0 unspecified atom stereocenters. The lowest BCUT2D eigenvalue weighted by Gasteiger charge is -2.03. The molecule has 1 aromatic heterocycles. The molecule has 0 saturated heterocycles. The quantitative estimate of drug-likeness (QED) is 0.315. The van der Waals surface area contributed by atoms with Gasteiger partial charge in [0.25, 0.3) is 0 Å².